The van der Waals surface area contributed by atoms with Crippen LogP contribution in [0.2, 0.25) is 0 Å². The van der Waals surface area contributed by atoms with Gasteiger partial charge in [0.05, 0.1) is 54.6 Å². The van der Waals surface area contributed by atoms with Gasteiger partial charge in [0.2, 0.25) is 0 Å². The molecule has 0 aliphatic carbocycles. The maximum Gasteiger partial charge on any atom is 0.351 e. The molecule has 9 rings (SSSR count). The quantitative estimate of drug-likeness (QED) is 0.0594. The fourth-order valence-electron chi connectivity index (χ4n) is 7.25. The predicted octanol–water partition coefficient (Wildman–Crippen LogP) is 10.4. The van der Waals surface area contributed by atoms with Gasteiger partial charge in [-0.25, -0.2) is 38.4 Å². The van der Waals surface area contributed by atoms with Crippen molar-refractivity contribution in [2.24, 2.45) is 0 Å². The average Bonchev–Trinajstić information content (AvgIpc) is 4.42. The highest BCUT2D eigenvalue weighted by Crippen LogP contribution is 2.35. The molecule has 81 heavy (non-hydrogen) atoms. The number of methoxy groups -OCH3 is 5. The van der Waals surface area contributed by atoms with Gasteiger partial charge >= 0.3 is 46.8 Å². The van der Waals surface area contributed by atoms with Gasteiger partial charge in [0.1, 0.15) is 43.9 Å². The summed E-state index contributed by atoms with van der Waals surface area (Å²) in [5, 5.41) is 19.4. The minimum atomic E-state index is -1.36. The molecular formula is C55H54N6O17S3. The highest BCUT2D eigenvalue weighted by atomic mass is 32.1. The topological polar surface area (TPSA) is 311 Å². The molecule has 0 bridgehead atoms. The van der Waals surface area contributed by atoms with Gasteiger partial charge in [-0.3, -0.25) is 9.80 Å². The van der Waals surface area contributed by atoms with Crippen LogP contribution in [0, 0.1) is 20.8 Å². The van der Waals surface area contributed by atoms with Gasteiger partial charge in [-0.05, 0) is 110 Å². The van der Waals surface area contributed by atoms with Gasteiger partial charge in [-0.2, -0.15) is 0 Å². The van der Waals surface area contributed by atoms with Crippen molar-refractivity contribution in [3.05, 3.63) is 156 Å². The smallest absolute Gasteiger partial charge is 0.351 e. The molecule has 424 valence electrons. The molecule has 0 aliphatic rings. The van der Waals surface area contributed by atoms with E-state index in [9.17, 15) is 38.4 Å². The Kier molecular flexibility index (Phi) is 20.0. The van der Waals surface area contributed by atoms with Crippen LogP contribution in [0.4, 0.5) is 41.7 Å². The van der Waals surface area contributed by atoms with E-state index in [1.54, 1.807) is 91.0 Å². The molecule has 0 radical (unpaired) electrons. The van der Waals surface area contributed by atoms with Crippen LogP contribution in [0.25, 0.3) is 30.8 Å². The molecule has 23 nitrogen and oxygen atoms in total. The number of nitrogens with zero attached hydrogens (tertiary/aromatic N) is 2. The lowest BCUT2D eigenvalue weighted by Gasteiger charge is -2.16. The first-order chi connectivity index (χ1) is 38.5. The van der Waals surface area contributed by atoms with E-state index in [0.29, 0.717) is 36.4 Å². The minimum Gasteiger partial charge on any atom is -0.496 e. The number of ether oxygens (including phenoxy) is 5. The monoisotopic (exact) mass is 1170 g/mol. The number of aromatic carboxylic acids is 1. The van der Waals surface area contributed by atoms with Crippen LogP contribution in [0.3, 0.4) is 0 Å². The molecule has 4 amide bonds. The van der Waals surface area contributed by atoms with Crippen molar-refractivity contribution < 1.29 is 66.0 Å². The predicted molar refractivity (Wildman–Crippen MR) is 313 cm³/mol. The van der Waals surface area contributed by atoms with E-state index in [1.807, 2.05) is 39.0 Å². The first-order valence-electron chi connectivity index (χ1n) is 23.6. The number of nitrogen functional groups attached to an aromatic ring is 1. The Labute approximate surface area is 472 Å². The minimum absolute atomic E-state index is 0.0838. The lowest BCUT2D eigenvalue weighted by atomic mass is 10.2. The third-order valence-corrected chi connectivity index (χ3v) is 14.9. The number of amides is 4. The van der Waals surface area contributed by atoms with E-state index in [1.165, 1.54) is 71.0 Å². The second-order valence-corrected chi connectivity index (χ2v) is 20.1. The Morgan fingerprint density at radius 3 is 1.26 bits per heavy atom. The maximum absolute atomic E-state index is 12.6. The molecule has 0 atom stereocenters. The zero-order chi connectivity index (χ0) is 59.4. The number of carboxylic acid groups (broad SMARTS) is 1. The summed E-state index contributed by atoms with van der Waals surface area (Å²) in [6, 6.07) is 24.3. The largest absolute Gasteiger partial charge is 0.496 e. The van der Waals surface area contributed by atoms with E-state index in [-0.39, 0.29) is 28.3 Å². The number of urea groups is 2. The number of thiophene rings is 3. The van der Waals surface area contributed by atoms with Crippen molar-refractivity contribution in [2.75, 3.05) is 88.2 Å². The number of hydrogen-bond acceptors (Lipinski definition) is 21. The van der Waals surface area contributed by atoms with Crippen molar-refractivity contribution in [3.63, 3.8) is 0 Å². The molecule has 6 aromatic heterocycles. The molecule has 0 unspecified atom stereocenters. The Morgan fingerprint density at radius 2 is 0.889 bits per heavy atom. The summed E-state index contributed by atoms with van der Waals surface area (Å²) in [4.78, 5) is 96.8. The van der Waals surface area contributed by atoms with Crippen molar-refractivity contribution in [3.8, 4) is 17.2 Å². The number of carboxylic acids is 1. The van der Waals surface area contributed by atoms with Crippen LogP contribution in [0.15, 0.2) is 119 Å². The number of nitrogens with one attached hydrogen (secondary N) is 3. The molecule has 9 aromatic rings. The number of hydrogen-bond donors (Lipinski definition) is 5. The van der Waals surface area contributed by atoms with Gasteiger partial charge < -0.3 is 63.7 Å². The fraction of sp³-hybridized carbons (Fsp3) is 0.200. The molecule has 0 fully saturated rings. The molecule has 0 aliphatic heterocycles. The Balaban J connectivity index is 0.000000185. The highest BCUT2D eigenvalue weighted by molar-refractivity contribution is 7.23. The summed E-state index contributed by atoms with van der Waals surface area (Å²) in [7, 11) is 12.1. The van der Waals surface area contributed by atoms with Crippen LogP contribution >= 0.6 is 34.0 Å². The SMILES string of the molecule is CNc1cc2oc(=O)c(C(=O)OC)cc2s1.COC(=O)c1cc2sc(N(C)C(=O)Nc3ccc(OC)c(C)c3)cc2oc1=O.COc1ccc(N)cc1C.COc1ccc(NC(=O)N(C)c2cc3oc(=O)c(C(=O)O)cc3s2)cc1C. The number of aryl methyl sites for hydroxylation is 3. The number of nitrogens with two attached hydrogens (primary N) is 1. The van der Waals surface area contributed by atoms with Crippen LogP contribution < -0.4 is 62.6 Å². The number of anilines is 6. The second kappa shape index (κ2) is 26.8. The fourth-order valence-corrected chi connectivity index (χ4v) is 10.1. The number of esters is 2. The summed E-state index contributed by atoms with van der Waals surface area (Å²) in [5.74, 6) is -0.486. The molecule has 0 saturated heterocycles. The van der Waals surface area contributed by atoms with Crippen LogP contribution in [-0.2, 0) is 9.47 Å². The van der Waals surface area contributed by atoms with Crippen LogP contribution in [0.5, 0.6) is 17.2 Å². The molecule has 6 N–H and O–H groups in total. The lowest BCUT2D eigenvalue weighted by molar-refractivity contribution is 0.0587. The molecule has 0 saturated carbocycles. The van der Waals surface area contributed by atoms with Gasteiger partial charge in [0.25, 0.3) is 0 Å². The van der Waals surface area contributed by atoms with E-state index in [0.717, 1.165) is 60.7 Å². The standard InChI is InChI=1S/C19H18N2O6S.C18H16N2O6S.C10H9NO4S.C8H11NO/c1-10-7-11(5-6-13(10)25-3)20-19(24)21(2)16-9-14-15(28-16)8-12(17(22)26-4)18(23)27-14;1-9-6-10(4-5-12(9)25-3)19-18(24)20(2)15-8-13-14(27-15)7-11(16(21)22)17(23)26-13;1-11-8-4-6-7(16-8)3-5(9(12)14-2)10(13)15-6;1-6-5-7(9)3-4-8(6)10-2/h5-9H,1-4H3,(H,20,24);4-8H,1-3H3,(H,19,24)(H,21,22);3-4,11H,1-2H3;3-5H,9H2,1-2H3. The summed E-state index contributed by atoms with van der Waals surface area (Å²) in [6.07, 6.45) is 0. The van der Waals surface area contributed by atoms with Crippen molar-refractivity contribution in [2.45, 2.75) is 20.8 Å². The van der Waals surface area contributed by atoms with Crippen molar-refractivity contribution in [1.82, 2.24) is 0 Å². The summed E-state index contributed by atoms with van der Waals surface area (Å²) >= 11 is 3.75. The zero-order valence-corrected chi connectivity index (χ0v) is 47.8. The van der Waals surface area contributed by atoms with Crippen LogP contribution in [-0.4, -0.2) is 91.8 Å². The Hall–Kier alpha value is -9.66. The van der Waals surface area contributed by atoms with Gasteiger partial charge in [0.15, 0.2) is 16.7 Å². The first kappa shape index (κ1) is 60.6. The van der Waals surface area contributed by atoms with Crippen LogP contribution in [0.1, 0.15) is 47.8 Å². The third-order valence-electron chi connectivity index (χ3n) is 11.5. The Morgan fingerprint density at radius 1 is 0.519 bits per heavy atom. The number of carbonyl (C=O) groups excluding carboxylic acids is 4. The van der Waals surface area contributed by atoms with Gasteiger partial charge in [-0.15, -0.1) is 34.0 Å². The summed E-state index contributed by atoms with van der Waals surface area (Å²) in [5.41, 5.74) is 8.23. The molecule has 0 spiro atoms. The summed E-state index contributed by atoms with van der Waals surface area (Å²) < 4.78 is 41.5. The van der Waals surface area contributed by atoms with E-state index >= 15 is 0 Å². The molecule has 3 aromatic carbocycles. The maximum atomic E-state index is 12.6. The molecular weight excluding hydrogens is 1110 g/mol. The van der Waals surface area contributed by atoms with Gasteiger partial charge in [-0.1, -0.05) is 0 Å². The first-order valence-corrected chi connectivity index (χ1v) is 26.1. The Bertz CT molecular complexity index is 4010. The highest BCUT2D eigenvalue weighted by Gasteiger charge is 2.22. The number of carbonyl (C=O) groups is 5. The average molecular weight is 1170 g/mol. The zero-order valence-electron chi connectivity index (χ0n) is 45.3. The summed E-state index contributed by atoms with van der Waals surface area (Å²) in [6.45, 7) is 5.71. The van der Waals surface area contributed by atoms with E-state index in [2.05, 4.69) is 25.4 Å². The second-order valence-electron chi connectivity index (χ2n) is 16.9. The van der Waals surface area contributed by atoms with Crippen molar-refractivity contribution >= 4 is 127 Å². The van der Waals surface area contributed by atoms with Crippen molar-refractivity contribution in [1.29, 1.82) is 0 Å². The van der Waals surface area contributed by atoms with E-state index < -0.39 is 46.4 Å². The molecule has 26 heteroatoms. The van der Waals surface area contributed by atoms with Gasteiger partial charge in [0, 0.05) is 56.4 Å². The number of rotatable bonds is 11. The normalized spacial score (nSPS) is 10.4. The molecule has 6 heterocycles. The third kappa shape index (κ3) is 14.7. The lowest BCUT2D eigenvalue weighted by Crippen LogP contribution is -2.30. The number of benzene rings is 3. The van der Waals surface area contributed by atoms with E-state index in [4.69, 9.17) is 38.3 Å². The number of fused-ring (bicyclic) bond motifs is 3.